The first-order valence-corrected chi connectivity index (χ1v) is 11.7. The largest absolute Gasteiger partial charge is 0.416 e. The van der Waals surface area contributed by atoms with Crippen LogP contribution in [-0.4, -0.2) is 41.9 Å². The van der Waals surface area contributed by atoms with Gasteiger partial charge >= 0.3 is 12.4 Å². The Morgan fingerprint density at radius 1 is 1.00 bits per heavy atom. The summed E-state index contributed by atoms with van der Waals surface area (Å²) in [7, 11) is 0. The molecule has 1 aromatic carbocycles. The Hall–Kier alpha value is -1.85. The van der Waals surface area contributed by atoms with Crippen molar-refractivity contribution in [3.05, 3.63) is 34.9 Å². The number of halogens is 6. The Kier molecular flexibility index (Phi) is 7.84. The van der Waals surface area contributed by atoms with Gasteiger partial charge in [0.05, 0.1) is 28.2 Å². The molecule has 2 aliphatic rings. The first-order chi connectivity index (χ1) is 16.0. The lowest BCUT2D eigenvalue weighted by atomic mass is 9.71. The highest BCUT2D eigenvalue weighted by Crippen LogP contribution is 2.47. The van der Waals surface area contributed by atoms with Crippen molar-refractivity contribution < 1.29 is 41.0 Å². The Balaban J connectivity index is 1.82. The number of hydrogen-bond donors (Lipinski definition) is 3. The molecule has 1 saturated carbocycles. The summed E-state index contributed by atoms with van der Waals surface area (Å²) < 4.78 is 84.9. The molecule has 35 heavy (non-hydrogen) atoms. The van der Waals surface area contributed by atoms with Crippen LogP contribution in [0.5, 0.6) is 0 Å². The normalized spacial score (nSPS) is 25.5. The van der Waals surface area contributed by atoms with Gasteiger partial charge in [0.15, 0.2) is 0 Å². The Labute approximate surface area is 200 Å². The Morgan fingerprint density at radius 3 is 2.03 bits per heavy atom. The van der Waals surface area contributed by atoms with Crippen LogP contribution in [0.15, 0.2) is 18.2 Å². The van der Waals surface area contributed by atoms with Crippen molar-refractivity contribution in [3.63, 3.8) is 0 Å². The van der Waals surface area contributed by atoms with Crippen molar-refractivity contribution in [1.82, 2.24) is 10.6 Å². The molecular weight excluding hydrogens is 478 g/mol. The summed E-state index contributed by atoms with van der Waals surface area (Å²) in [5.74, 6) is -0.597. The van der Waals surface area contributed by atoms with Gasteiger partial charge in [-0.05, 0) is 76.6 Å². The average molecular weight is 511 g/mol. The van der Waals surface area contributed by atoms with Gasteiger partial charge in [-0.1, -0.05) is 0 Å². The van der Waals surface area contributed by atoms with Gasteiger partial charge in [-0.15, -0.1) is 0 Å². The molecule has 3 rings (SSSR count). The van der Waals surface area contributed by atoms with E-state index in [2.05, 4.69) is 10.6 Å². The van der Waals surface area contributed by atoms with Gasteiger partial charge < -0.3 is 20.5 Å². The van der Waals surface area contributed by atoms with Crippen LogP contribution in [0.25, 0.3) is 0 Å². The molecule has 1 aliphatic heterocycles. The third-order valence-corrected chi connectivity index (χ3v) is 7.27. The van der Waals surface area contributed by atoms with Crippen LogP contribution in [-0.2, 0) is 21.9 Å². The fraction of sp³-hybridized carbons (Fsp3) is 0.708. The molecule has 0 aromatic heterocycles. The maximum absolute atomic E-state index is 13.4. The van der Waals surface area contributed by atoms with E-state index in [9.17, 15) is 36.2 Å². The third kappa shape index (κ3) is 6.29. The third-order valence-electron chi connectivity index (χ3n) is 7.27. The van der Waals surface area contributed by atoms with Crippen LogP contribution in [0.2, 0.25) is 0 Å². The molecule has 0 bridgehead atoms. The number of alkyl halides is 6. The van der Waals surface area contributed by atoms with E-state index < -0.39 is 46.4 Å². The number of carbonyl (C=O) groups is 1. The minimum Gasteiger partial charge on any atom is -0.389 e. The standard InChI is InChI=1S/C24H32F6N2O3/c1-14(15-10-16(23(25,26)27)12-17(11-15)24(28,29)30)31-20(33)22(21(2,3)34)7-4-19(13-22)32-18-5-8-35-9-6-18/h10-12,14,18-19,32,34H,4-9,13H2,1-3H3,(H,31,33)/t14?,19-,22-/m1/s1. The molecule has 5 nitrogen and oxygen atoms in total. The van der Waals surface area contributed by atoms with Crippen LogP contribution >= 0.6 is 0 Å². The van der Waals surface area contributed by atoms with Crippen LogP contribution in [0.1, 0.15) is 75.6 Å². The van der Waals surface area contributed by atoms with Gasteiger partial charge in [0.1, 0.15) is 0 Å². The molecule has 1 unspecified atom stereocenters. The van der Waals surface area contributed by atoms with Gasteiger partial charge in [-0.2, -0.15) is 26.3 Å². The van der Waals surface area contributed by atoms with E-state index in [1.165, 1.54) is 20.8 Å². The van der Waals surface area contributed by atoms with E-state index in [4.69, 9.17) is 4.74 Å². The van der Waals surface area contributed by atoms with E-state index in [0.29, 0.717) is 44.6 Å². The van der Waals surface area contributed by atoms with Crippen molar-refractivity contribution in [3.8, 4) is 0 Å². The molecule has 1 aromatic rings. The fourth-order valence-corrected chi connectivity index (χ4v) is 5.07. The molecule has 1 heterocycles. The van der Waals surface area contributed by atoms with Crippen molar-refractivity contribution >= 4 is 5.91 Å². The maximum Gasteiger partial charge on any atom is 0.416 e. The predicted octanol–water partition coefficient (Wildman–Crippen LogP) is 4.98. The van der Waals surface area contributed by atoms with Crippen LogP contribution in [0.3, 0.4) is 0 Å². The lowest BCUT2D eigenvalue weighted by Crippen LogP contribution is -2.54. The smallest absolute Gasteiger partial charge is 0.389 e. The fourth-order valence-electron chi connectivity index (χ4n) is 5.07. The van der Waals surface area contributed by atoms with Crippen molar-refractivity contribution in [2.45, 2.75) is 89.0 Å². The molecule has 1 amide bonds. The lowest BCUT2D eigenvalue weighted by molar-refractivity contribution is -0.147. The summed E-state index contributed by atoms with van der Waals surface area (Å²) in [6, 6.07) is 0.296. The number of ether oxygens (including phenoxy) is 1. The van der Waals surface area contributed by atoms with Crippen LogP contribution in [0.4, 0.5) is 26.3 Å². The Bertz CT molecular complexity index is 874. The number of benzene rings is 1. The molecule has 198 valence electrons. The molecule has 2 fully saturated rings. The minimum atomic E-state index is -4.98. The number of carbonyl (C=O) groups excluding carboxylic acids is 1. The summed E-state index contributed by atoms with van der Waals surface area (Å²) in [6.45, 7) is 5.60. The summed E-state index contributed by atoms with van der Waals surface area (Å²) in [5, 5.41) is 17.0. The maximum atomic E-state index is 13.4. The summed E-state index contributed by atoms with van der Waals surface area (Å²) >= 11 is 0. The van der Waals surface area contributed by atoms with Crippen molar-refractivity contribution in [1.29, 1.82) is 0 Å². The summed E-state index contributed by atoms with van der Waals surface area (Å²) in [6.07, 6.45) is -7.09. The second-order valence-corrected chi connectivity index (χ2v) is 10.2. The van der Waals surface area contributed by atoms with Gasteiger partial charge in [0, 0.05) is 25.3 Å². The highest BCUT2D eigenvalue weighted by molar-refractivity contribution is 5.84. The molecule has 1 saturated heterocycles. The number of nitrogens with one attached hydrogen (secondary N) is 2. The van der Waals surface area contributed by atoms with Gasteiger partial charge in [0.25, 0.3) is 0 Å². The number of amides is 1. The van der Waals surface area contributed by atoms with E-state index in [0.717, 1.165) is 12.8 Å². The molecule has 3 atom stereocenters. The molecule has 0 radical (unpaired) electrons. The Morgan fingerprint density at radius 2 is 1.54 bits per heavy atom. The molecule has 11 heteroatoms. The van der Waals surface area contributed by atoms with Crippen LogP contribution in [0, 0.1) is 5.41 Å². The van der Waals surface area contributed by atoms with Crippen LogP contribution < -0.4 is 10.6 Å². The first-order valence-electron chi connectivity index (χ1n) is 11.7. The van der Waals surface area contributed by atoms with E-state index in [1.807, 2.05) is 0 Å². The molecule has 1 aliphatic carbocycles. The van der Waals surface area contributed by atoms with Crippen molar-refractivity contribution in [2.24, 2.45) is 5.41 Å². The number of hydrogen-bond acceptors (Lipinski definition) is 4. The van der Waals surface area contributed by atoms with E-state index >= 15 is 0 Å². The second kappa shape index (κ2) is 9.89. The molecule has 3 N–H and O–H groups in total. The molecular formula is C24H32F6N2O3. The topological polar surface area (TPSA) is 70.6 Å². The van der Waals surface area contributed by atoms with Gasteiger partial charge in [-0.25, -0.2) is 0 Å². The molecule has 0 spiro atoms. The number of rotatable bonds is 6. The highest BCUT2D eigenvalue weighted by Gasteiger charge is 2.55. The zero-order chi connectivity index (χ0) is 26.2. The minimum absolute atomic E-state index is 0.0555. The monoisotopic (exact) mass is 510 g/mol. The quantitative estimate of drug-likeness (QED) is 0.473. The zero-order valence-electron chi connectivity index (χ0n) is 19.9. The number of aliphatic hydroxyl groups is 1. The second-order valence-electron chi connectivity index (χ2n) is 10.2. The predicted molar refractivity (Wildman–Crippen MR) is 116 cm³/mol. The average Bonchev–Trinajstić information content (AvgIpc) is 3.18. The lowest BCUT2D eigenvalue weighted by Gasteiger charge is -2.40. The van der Waals surface area contributed by atoms with Crippen molar-refractivity contribution in [2.75, 3.05) is 13.2 Å². The van der Waals surface area contributed by atoms with Gasteiger partial charge in [0.2, 0.25) is 5.91 Å². The van der Waals surface area contributed by atoms with Gasteiger partial charge in [-0.3, -0.25) is 4.79 Å². The first kappa shape index (κ1) is 27.7. The summed E-state index contributed by atoms with van der Waals surface area (Å²) in [4.78, 5) is 13.4. The van der Waals surface area contributed by atoms with E-state index in [1.54, 1.807) is 0 Å². The van der Waals surface area contributed by atoms with E-state index in [-0.39, 0.29) is 23.7 Å². The summed E-state index contributed by atoms with van der Waals surface area (Å²) in [5.41, 5.74) is -5.92. The highest BCUT2D eigenvalue weighted by atomic mass is 19.4. The zero-order valence-corrected chi connectivity index (χ0v) is 19.9. The SMILES string of the molecule is CC(NC(=O)[C@@]1(C(C)(C)O)CC[C@@H](NC2CCOCC2)C1)c1cc(C(F)(F)F)cc(C(F)(F)F)c1.